The van der Waals surface area contributed by atoms with Crippen molar-refractivity contribution in [2.45, 2.75) is 12.1 Å². The summed E-state index contributed by atoms with van der Waals surface area (Å²) in [4.78, 5) is 7.84. The molecule has 0 radical (unpaired) electrons. The lowest BCUT2D eigenvalue weighted by molar-refractivity contribution is 0.340. The zero-order valence-electron chi connectivity index (χ0n) is 12.1. The highest BCUT2D eigenvalue weighted by Crippen LogP contribution is 2.22. The Hall–Kier alpha value is -2.48. The van der Waals surface area contributed by atoms with Gasteiger partial charge in [0.25, 0.3) is 0 Å². The monoisotopic (exact) mass is 318 g/mol. The maximum Gasteiger partial charge on any atom is 0.248 e. The highest BCUT2D eigenvalue weighted by Gasteiger charge is 2.14. The summed E-state index contributed by atoms with van der Waals surface area (Å²) in [5.41, 5.74) is 0.807. The molecule has 0 saturated carbocycles. The summed E-state index contributed by atoms with van der Waals surface area (Å²) in [5, 5.41) is 4.92. The zero-order chi connectivity index (χ0) is 15.7. The van der Waals surface area contributed by atoms with Gasteiger partial charge in [-0.15, -0.1) is 0 Å². The van der Waals surface area contributed by atoms with Crippen molar-refractivity contribution < 1.29 is 13.2 Å². The van der Waals surface area contributed by atoms with Gasteiger partial charge in [-0.1, -0.05) is 0 Å². The van der Waals surface area contributed by atoms with Crippen LogP contribution in [0.4, 0.5) is 0 Å². The minimum absolute atomic E-state index is 0.223. The second-order valence-electron chi connectivity index (χ2n) is 4.68. The summed E-state index contributed by atoms with van der Waals surface area (Å²) in [6, 6.07) is 7.18. The van der Waals surface area contributed by atoms with Crippen molar-refractivity contribution in [2.75, 3.05) is 12.9 Å². The molecule has 0 spiro atoms. The molecular weight excluding hydrogens is 304 g/mol. The fraction of sp³-hybridized carbons (Fsp3) is 0.214. The Kier molecular flexibility index (Phi) is 3.53. The van der Waals surface area contributed by atoms with Gasteiger partial charge in [-0.05, 0) is 25.1 Å². The third kappa shape index (κ3) is 2.64. The molecule has 0 aliphatic carbocycles. The number of fused-ring (bicyclic) bond motifs is 1. The van der Waals surface area contributed by atoms with Crippen molar-refractivity contribution in [3.05, 3.63) is 36.7 Å². The minimum Gasteiger partial charge on any atom is -0.494 e. The topological polar surface area (TPSA) is 87.0 Å². The SMILES string of the molecule is CCOc1ccc2c(cnn2-c2ccnc(S(C)(=O)=O)n2)c1. The van der Waals surface area contributed by atoms with E-state index < -0.39 is 9.84 Å². The Morgan fingerprint density at radius 1 is 1.27 bits per heavy atom. The maximum absolute atomic E-state index is 11.6. The van der Waals surface area contributed by atoms with Gasteiger partial charge in [-0.2, -0.15) is 10.1 Å². The van der Waals surface area contributed by atoms with Gasteiger partial charge in [0.15, 0.2) is 5.82 Å². The van der Waals surface area contributed by atoms with E-state index in [1.165, 1.54) is 6.20 Å². The number of aromatic nitrogens is 4. The summed E-state index contributed by atoms with van der Waals surface area (Å²) < 4.78 is 30.1. The molecule has 7 nitrogen and oxygen atoms in total. The number of rotatable bonds is 4. The molecule has 3 aromatic rings. The van der Waals surface area contributed by atoms with Gasteiger partial charge in [0.1, 0.15) is 5.75 Å². The first-order chi connectivity index (χ1) is 10.5. The van der Waals surface area contributed by atoms with Crippen molar-refractivity contribution >= 4 is 20.7 Å². The van der Waals surface area contributed by atoms with Crippen LogP contribution in [-0.2, 0) is 9.84 Å². The van der Waals surface area contributed by atoms with E-state index in [0.29, 0.717) is 12.4 Å². The molecule has 0 aliphatic heterocycles. The number of sulfone groups is 1. The van der Waals surface area contributed by atoms with Crippen LogP contribution in [0.25, 0.3) is 16.7 Å². The molecule has 1 aromatic carbocycles. The molecule has 0 fully saturated rings. The second kappa shape index (κ2) is 5.38. The average molecular weight is 318 g/mol. The molecule has 0 unspecified atom stereocenters. The van der Waals surface area contributed by atoms with Crippen molar-refractivity contribution in [3.63, 3.8) is 0 Å². The summed E-state index contributed by atoms with van der Waals surface area (Å²) >= 11 is 0. The van der Waals surface area contributed by atoms with Crippen molar-refractivity contribution in [2.24, 2.45) is 0 Å². The van der Waals surface area contributed by atoms with E-state index in [1.807, 2.05) is 25.1 Å². The molecule has 0 bridgehead atoms. The fourth-order valence-corrected chi connectivity index (χ4v) is 2.59. The lowest BCUT2D eigenvalue weighted by Crippen LogP contribution is -2.08. The van der Waals surface area contributed by atoms with E-state index in [0.717, 1.165) is 22.9 Å². The van der Waals surface area contributed by atoms with Crippen LogP contribution < -0.4 is 4.74 Å². The number of ether oxygens (including phenoxy) is 1. The Balaban J connectivity index is 2.11. The van der Waals surface area contributed by atoms with Crippen molar-refractivity contribution in [3.8, 4) is 11.6 Å². The van der Waals surface area contributed by atoms with Crippen LogP contribution in [-0.4, -0.2) is 41.0 Å². The molecular formula is C14H14N4O3S. The van der Waals surface area contributed by atoms with Crippen LogP contribution in [0.3, 0.4) is 0 Å². The number of hydrogen-bond acceptors (Lipinski definition) is 6. The molecule has 114 valence electrons. The quantitative estimate of drug-likeness (QED) is 0.679. The Morgan fingerprint density at radius 3 is 2.82 bits per heavy atom. The van der Waals surface area contributed by atoms with Crippen LogP contribution in [0.15, 0.2) is 41.8 Å². The summed E-state index contributed by atoms with van der Waals surface area (Å²) in [7, 11) is -3.47. The molecule has 0 N–H and O–H groups in total. The van der Waals surface area contributed by atoms with Crippen LogP contribution in [0.5, 0.6) is 5.75 Å². The molecule has 2 aromatic heterocycles. The zero-order valence-corrected chi connectivity index (χ0v) is 12.9. The van der Waals surface area contributed by atoms with Gasteiger partial charge < -0.3 is 4.74 Å². The molecule has 0 amide bonds. The molecule has 0 aliphatic rings. The normalized spacial score (nSPS) is 11.7. The van der Waals surface area contributed by atoms with E-state index >= 15 is 0 Å². The highest BCUT2D eigenvalue weighted by molar-refractivity contribution is 7.90. The molecule has 0 saturated heterocycles. The molecule has 2 heterocycles. The van der Waals surface area contributed by atoms with Crippen LogP contribution in [0.1, 0.15) is 6.92 Å². The third-order valence-electron chi connectivity index (χ3n) is 3.02. The Morgan fingerprint density at radius 2 is 2.09 bits per heavy atom. The van der Waals surface area contributed by atoms with Crippen molar-refractivity contribution in [1.29, 1.82) is 0 Å². The summed E-state index contributed by atoms with van der Waals surface area (Å²) in [5.74, 6) is 1.16. The predicted molar refractivity (Wildman–Crippen MR) is 80.9 cm³/mol. The molecule has 3 rings (SSSR count). The molecule has 0 atom stereocenters. The van der Waals surface area contributed by atoms with Crippen LogP contribution in [0, 0.1) is 0 Å². The number of nitrogens with zero attached hydrogens (tertiary/aromatic N) is 4. The van der Waals surface area contributed by atoms with E-state index in [9.17, 15) is 8.42 Å². The van der Waals surface area contributed by atoms with Gasteiger partial charge in [0.2, 0.25) is 15.0 Å². The van der Waals surface area contributed by atoms with E-state index in [2.05, 4.69) is 15.1 Å². The lowest BCUT2D eigenvalue weighted by atomic mass is 10.2. The van der Waals surface area contributed by atoms with Crippen LogP contribution in [0.2, 0.25) is 0 Å². The maximum atomic E-state index is 11.6. The van der Waals surface area contributed by atoms with E-state index in [1.54, 1.807) is 16.9 Å². The first kappa shape index (κ1) is 14.5. The molecule has 22 heavy (non-hydrogen) atoms. The van der Waals surface area contributed by atoms with E-state index in [-0.39, 0.29) is 5.16 Å². The lowest BCUT2D eigenvalue weighted by Gasteiger charge is -2.05. The highest BCUT2D eigenvalue weighted by atomic mass is 32.2. The minimum atomic E-state index is -3.47. The van der Waals surface area contributed by atoms with Gasteiger partial charge in [0.05, 0.1) is 18.3 Å². The first-order valence-electron chi connectivity index (χ1n) is 6.63. The van der Waals surface area contributed by atoms with Gasteiger partial charge in [-0.3, -0.25) is 0 Å². The standard InChI is InChI=1S/C14H14N4O3S/c1-3-21-11-4-5-12-10(8-11)9-16-18(12)13-6-7-15-14(17-13)22(2,19)20/h4-9H,3H2,1-2H3. The Labute approximate surface area is 127 Å². The van der Waals surface area contributed by atoms with Gasteiger partial charge >= 0.3 is 0 Å². The second-order valence-corrected chi connectivity index (χ2v) is 6.59. The fourth-order valence-electron chi connectivity index (χ4n) is 2.08. The number of benzene rings is 1. The third-order valence-corrected chi connectivity index (χ3v) is 3.88. The smallest absolute Gasteiger partial charge is 0.248 e. The largest absolute Gasteiger partial charge is 0.494 e. The van der Waals surface area contributed by atoms with E-state index in [4.69, 9.17) is 4.74 Å². The molecule has 8 heteroatoms. The van der Waals surface area contributed by atoms with Gasteiger partial charge in [0, 0.05) is 23.9 Å². The average Bonchev–Trinajstić information content (AvgIpc) is 2.90. The number of hydrogen-bond donors (Lipinski definition) is 0. The summed E-state index contributed by atoms with van der Waals surface area (Å²) in [6.07, 6.45) is 4.16. The first-order valence-corrected chi connectivity index (χ1v) is 8.52. The van der Waals surface area contributed by atoms with Crippen LogP contribution >= 0.6 is 0 Å². The summed E-state index contributed by atoms with van der Waals surface area (Å²) in [6.45, 7) is 2.50. The predicted octanol–water partition coefficient (Wildman–Crippen LogP) is 1.62. The Bertz CT molecular complexity index is 934. The van der Waals surface area contributed by atoms with Gasteiger partial charge in [-0.25, -0.2) is 18.1 Å². The van der Waals surface area contributed by atoms with Crippen molar-refractivity contribution in [1.82, 2.24) is 19.7 Å².